The number of halogens is 1. The van der Waals surface area contributed by atoms with Gasteiger partial charge >= 0.3 is 0 Å². The maximum Gasteiger partial charge on any atom is 0.254 e. The predicted molar refractivity (Wildman–Crippen MR) is 77.9 cm³/mol. The Morgan fingerprint density at radius 3 is 2.35 bits per heavy atom. The molecule has 2 atom stereocenters. The van der Waals surface area contributed by atoms with Crippen molar-refractivity contribution in [3.05, 3.63) is 29.3 Å². The van der Waals surface area contributed by atoms with Gasteiger partial charge < -0.3 is 20.0 Å². The summed E-state index contributed by atoms with van der Waals surface area (Å²) in [6.45, 7) is 3.73. The molecule has 1 fully saturated rings. The van der Waals surface area contributed by atoms with Gasteiger partial charge in [0.2, 0.25) is 0 Å². The van der Waals surface area contributed by atoms with E-state index in [-0.39, 0.29) is 0 Å². The summed E-state index contributed by atoms with van der Waals surface area (Å²) in [4.78, 5) is 15.6. The molecule has 0 spiro atoms. The number of benzene rings is 1. The van der Waals surface area contributed by atoms with E-state index in [1.165, 1.54) is 6.92 Å². The molecule has 0 radical (unpaired) electrons. The fourth-order valence-corrected chi connectivity index (χ4v) is 2.52. The second-order valence-corrected chi connectivity index (χ2v) is 5.36. The van der Waals surface area contributed by atoms with Gasteiger partial charge in [-0.25, -0.2) is 0 Å². The Kier molecular flexibility index (Phi) is 4.86. The standard InChI is InChI=1S/C14H19ClN2O3/c1-10(18)13(19)14(20)17-8-6-16(7-9-17)12-5-3-2-4-11(12)15/h2-5,10,13,18-19H,6-9H2,1H3. The van der Waals surface area contributed by atoms with Crippen LogP contribution in [0.1, 0.15) is 6.92 Å². The maximum atomic E-state index is 11.9. The number of carbonyl (C=O) groups is 1. The second kappa shape index (κ2) is 6.43. The molecular formula is C14H19ClN2O3. The van der Waals surface area contributed by atoms with E-state index in [1.807, 2.05) is 24.3 Å². The van der Waals surface area contributed by atoms with Crippen LogP contribution in [0.25, 0.3) is 0 Å². The van der Waals surface area contributed by atoms with Crippen LogP contribution in [0.4, 0.5) is 5.69 Å². The molecule has 1 amide bonds. The monoisotopic (exact) mass is 298 g/mol. The number of hydrogen-bond acceptors (Lipinski definition) is 4. The molecule has 0 aliphatic carbocycles. The molecular weight excluding hydrogens is 280 g/mol. The van der Waals surface area contributed by atoms with E-state index in [4.69, 9.17) is 11.6 Å². The normalized spacial score (nSPS) is 18.8. The lowest BCUT2D eigenvalue weighted by atomic mass is 10.1. The summed E-state index contributed by atoms with van der Waals surface area (Å²) in [5.41, 5.74) is 0.956. The third-order valence-corrected chi connectivity index (χ3v) is 3.81. The molecule has 1 heterocycles. The zero-order valence-corrected chi connectivity index (χ0v) is 12.1. The Labute approximate surface area is 123 Å². The first-order valence-electron chi connectivity index (χ1n) is 6.65. The van der Waals surface area contributed by atoms with Crippen molar-refractivity contribution in [2.24, 2.45) is 0 Å². The van der Waals surface area contributed by atoms with Gasteiger partial charge in [-0.15, -0.1) is 0 Å². The Balaban J connectivity index is 1.96. The summed E-state index contributed by atoms with van der Waals surface area (Å²) in [5.74, 6) is -0.418. The summed E-state index contributed by atoms with van der Waals surface area (Å²) in [6.07, 6.45) is -2.40. The van der Waals surface area contributed by atoms with E-state index < -0.39 is 18.1 Å². The van der Waals surface area contributed by atoms with Crippen molar-refractivity contribution < 1.29 is 15.0 Å². The van der Waals surface area contributed by atoms with Gasteiger partial charge in [-0.2, -0.15) is 0 Å². The highest BCUT2D eigenvalue weighted by atomic mass is 35.5. The topological polar surface area (TPSA) is 64.0 Å². The van der Waals surface area contributed by atoms with Crippen LogP contribution in [-0.4, -0.2) is 59.4 Å². The van der Waals surface area contributed by atoms with Crippen LogP contribution in [0.15, 0.2) is 24.3 Å². The van der Waals surface area contributed by atoms with Crippen molar-refractivity contribution in [1.29, 1.82) is 0 Å². The minimum Gasteiger partial charge on any atom is -0.390 e. The molecule has 1 saturated heterocycles. The molecule has 0 aromatic heterocycles. The van der Waals surface area contributed by atoms with Crippen LogP contribution in [0.2, 0.25) is 5.02 Å². The van der Waals surface area contributed by atoms with E-state index in [9.17, 15) is 15.0 Å². The number of hydrogen-bond donors (Lipinski definition) is 2. The zero-order chi connectivity index (χ0) is 14.7. The number of anilines is 1. The molecule has 5 nitrogen and oxygen atoms in total. The molecule has 0 bridgehead atoms. The summed E-state index contributed by atoms with van der Waals surface area (Å²) in [5, 5.41) is 19.6. The SMILES string of the molecule is CC(O)C(O)C(=O)N1CCN(c2ccccc2Cl)CC1. The molecule has 2 N–H and O–H groups in total. The summed E-state index contributed by atoms with van der Waals surface area (Å²) in [6, 6.07) is 7.59. The highest BCUT2D eigenvalue weighted by Crippen LogP contribution is 2.26. The molecule has 1 aromatic carbocycles. The summed E-state index contributed by atoms with van der Waals surface area (Å²) in [7, 11) is 0. The number of para-hydroxylation sites is 1. The molecule has 1 aromatic rings. The molecule has 1 aliphatic rings. The number of rotatable bonds is 3. The van der Waals surface area contributed by atoms with Crippen LogP contribution < -0.4 is 4.90 Å². The van der Waals surface area contributed by atoms with Gasteiger partial charge in [-0.05, 0) is 19.1 Å². The lowest BCUT2D eigenvalue weighted by Gasteiger charge is -2.37. The second-order valence-electron chi connectivity index (χ2n) is 4.95. The van der Waals surface area contributed by atoms with Crippen molar-refractivity contribution in [2.45, 2.75) is 19.1 Å². The number of carbonyl (C=O) groups excluding carboxylic acids is 1. The number of aliphatic hydroxyl groups is 2. The summed E-state index contributed by atoms with van der Waals surface area (Å²) >= 11 is 6.15. The van der Waals surface area contributed by atoms with Gasteiger partial charge in [0.1, 0.15) is 0 Å². The van der Waals surface area contributed by atoms with E-state index in [1.54, 1.807) is 4.90 Å². The zero-order valence-electron chi connectivity index (χ0n) is 11.4. The Morgan fingerprint density at radius 1 is 1.20 bits per heavy atom. The lowest BCUT2D eigenvalue weighted by Crippen LogP contribution is -2.53. The molecule has 110 valence electrons. The minimum absolute atomic E-state index is 0.418. The van der Waals surface area contributed by atoms with Crippen LogP contribution in [0.5, 0.6) is 0 Å². The van der Waals surface area contributed by atoms with Gasteiger partial charge in [-0.1, -0.05) is 23.7 Å². The largest absolute Gasteiger partial charge is 0.390 e. The highest BCUT2D eigenvalue weighted by Gasteiger charge is 2.29. The first-order chi connectivity index (χ1) is 9.50. The van der Waals surface area contributed by atoms with Crippen LogP contribution in [0.3, 0.4) is 0 Å². The average molecular weight is 299 g/mol. The smallest absolute Gasteiger partial charge is 0.254 e. The van der Waals surface area contributed by atoms with Gasteiger partial charge in [0.05, 0.1) is 16.8 Å². The minimum atomic E-state index is -1.35. The maximum absolute atomic E-state index is 11.9. The van der Waals surface area contributed by atoms with Crippen molar-refractivity contribution in [3.8, 4) is 0 Å². The molecule has 20 heavy (non-hydrogen) atoms. The fourth-order valence-electron chi connectivity index (χ4n) is 2.27. The van der Waals surface area contributed by atoms with E-state index >= 15 is 0 Å². The average Bonchev–Trinajstić information content (AvgIpc) is 2.46. The van der Waals surface area contributed by atoms with Crippen molar-refractivity contribution >= 4 is 23.2 Å². The van der Waals surface area contributed by atoms with Gasteiger partial charge in [0.25, 0.3) is 5.91 Å². The molecule has 2 unspecified atom stereocenters. The fraction of sp³-hybridized carbons (Fsp3) is 0.500. The Morgan fingerprint density at radius 2 is 1.80 bits per heavy atom. The number of amides is 1. The van der Waals surface area contributed by atoms with E-state index in [2.05, 4.69) is 4.90 Å². The van der Waals surface area contributed by atoms with Gasteiger partial charge in [0.15, 0.2) is 6.10 Å². The number of piperazine rings is 1. The third-order valence-electron chi connectivity index (χ3n) is 3.49. The predicted octanol–water partition coefficient (Wildman–Crippen LogP) is 0.730. The van der Waals surface area contributed by atoms with Crippen molar-refractivity contribution in [1.82, 2.24) is 4.90 Å². The first kappa shape index (κ1) is 15.1. The van der Waals surface area contributed by atoms with E-state index in [0.29, 0.717) is 31.2 Å². The Hall–Kier alpha value is -1.30. The quantitative estimate of drug-likeness (QED) is 0.863. The van der Waals surface area contributed by atoms with Crippen molar-refractivity contribution in [3.63, 3.8) is 0 Å². The van der Waals surface area contributed by atoms with Crippen LogP contribution >= 0.6 is 11.6 Å². The molecule has 0 saturated carbocycles. The van der Waals surface area contributed by atoms with Crippen molar-refractivity contribution in [2.75, 3.05) is 31.1 Å². The first-order valence-corrected chi connectivity index (χ1v) is 7.03. The molecule has 2 rings (SSSR count). The number of aliphatic hydroxyl groups excluding tert-OH is 2. The lowest BCUT2D eigenvalue weighted by molar-refractivity contribution is -0.145. The highest BCUT2D eigenvalue weighted by molar-refractivity contribution is 6.33. The third kappa shape index (κ3) is 3.23. The van der Waals surface area contributed by atoms with E-state index in [0.717, 1.165) is 5.69 Å². The molecule has 6 heteroatoms. The van der Waals surface area contributed by atoms with Crippen LogP contribution in [0, 0.1) is 0 Å². The van der Waals surface area contributed by atoms with Gasteiger partial charge in [0, 0.05) is 26.2 Å². The van der Waals surface area contributed by atoms with Crippen LogP contribution in [-0.2, 0) is 4.79 Å². The summed E-state index contributed by atoms with van der Waals surface area (Å²) < 4.78 is 0. The Bertz CT molecular complexity index is 473. The van der Waals surface area contributed by atoms with Gasteiger partial charge in [-0.3, -0.25) is 4.79 Å². The number of nitrogens with zero attached hydrogens (tertiary/aromatic N) is 2. The molecule has 1 aliphatic heterocycles.